The number of carbonyl (C=O) groups is 3. The van der Waals surface area contributed by atoms with Crippen molar-refractivity contribution in [1.82, 2.24) is 15.1 Å². The molecular formula is C21H29N3O3. The molecule has 1 aromatic rings. The Morgan fingerprint density at radius 1 is 1.26 bits per heavy atom. The lowest BCUT2D eigenvalue weighted by Crippen LogP contribution is -2.54. The number of rotatable bonds is 5. The summed E-state index contributed by atoms with van der Waals surface area (Å²) in [5, 5.41) is 2.91. The predicted molar refractivity (Wildman–Crippen MR) is 103 cm³/mol. The first-order valence-electron chi connectivity index (χ1n) is 9.82. The molecule has 2 atom stereocenters. The van der Waals surface area contributed by atoms with E-state index >= 15 is 0 Å². The van der Waals surface area contributed by atoms with Gasteiger partial charge in [-0.3, -0.25) is 14.5 Å². The number of carbonyl (C=O) groups excluding carboxylic acids is 3. The van der Waals surface area contributed by atoms with E-state index in [-0.39, 0.29) is 30.3 Å². The zero-order valence-electron chi connectivity index (χ0n) is 16.4. The highest BCUT2D eigenvalue weighted by Crippen LogP contribution is 2.38. The maximum absolute atomic E-state index is 13.1. The molecule has 27 heavy (non-hydrogen) atoms. The van der Waals surface area contributed by atoms with E-state index < -0.39 is 11.6 Å². The van der Waals surface area contributed by atoms with Crippen molar-refractivity contribution in [2.24, 2.45) is 5.92 Å². The van der Waals surface area contributed by atoms with Gasteiger partial charge in [0.15, 0.2) is 0 Å². The van der Waals surface area contributed by atoms with Gasteiger partial charge in [0.2, 0.25) is 5.91 Å². The van der Waals surface area contributed by atoms with Crippen LogP contribution in [0.25, 0.3) is 0 Å². The molecule has 1 saturated heterocycles. The molecule has 0 aromatic heterocycles. The van der Waals surface area contributed by atoms with Crippen molar-refractivity contribution < 1.29 is 14.4 Å². The standard InChI is InChI=1S/C21H29N3O3/c1-15(2)23(13-17-10-5-4-6-11-17)18(25)14-24-19(26)21(22-20(24)27)12-8-7-9-16(21)3/h4-6,10-11,15-16H,7-9,12-14H2,1-3H3,(H,22,27)/t16-,21-/m0/s1. The average Bonchev–Trinajstić information content (AvgIpc) is 2.88. The monoisotopic (exact) mass is 371 g/mol. The first kappa shape index (κ1) is 19.4. The highest BCUT2D eigenvalue weighted by molar-refractivity contribution is 6.09. The molecule has 0 radical (unpaired) electrons. The summed E-state index contributed by atoms with van der Waals surface area (Å²) in [7, 11) is 0. The van der Waals surface area contributed by atoms with Crippen LogP contribution in [0.2, 0.25) is 0 Å². The third kappa shape index (κ3) is 3.70. The van der Waals surface area contributed by atoms with Gasteiger partial charge in [0.05, 0.1) is 0 Å². The van der Waals surface area contributed by atoms with Crippen LogP contribution < -0.4 is 5.32 Å². The van der Waals surface area contributed by atoms with Gasteiger partial charge in [-0.15, -0.1) is 0 Å². The van der Waals surface area contributed by atoms with Crippen molar-refractivity contribution in [3.63, 3.8) is 0 Å². The minimum absolute atomic E-state index is 0.0268. The lowest BCUT2D eigenvalue weighted by Gasteiger charge is -2.37. The Kier molecular flexibility index (Phi) is 5.53. The molecule has 1 aliphatic carbocycles. The van der Waals surface area contributed by atoms with E-state index in [4.69, 9.17) is 0 Å². The highest BCUT2D eigenvalue weighted by Gasteiger charge is 2.55. The van der Waals surface area contributed by atoms with Gasteiger partial charge in [-0.2, -0.15) is 0 Å². The summed E-state index contributed by atoms with van der Waals surface area (Å²) in [5.74, 6) is -0.359. The Labute approximate surface area is 160 Å². The molecule has 1 aromatic carbocycles. The van der Waals surface area contributed by atoms with Gasteiger partial charge in [0, 0.05) is 12.6 Å². The second-order valence-corrected chi connectivity index (χ2v) is 8.04. The molecule has 1 N–H and O–H groups in total. The lowest BCUT2D eigenvalue weighted by molar-refractivity contribution is -0.141. The van der Waals surface area contributed by atoms with Crippen molar-refractivity contribution in [3.05, 3.63) is 35.9 Å². The van der Waals surface area contributed by atoms with E-state index in [1.807, 2.05) is 51.1 Å². The number of urea groups is 1. The summed E-state index contributed by atoms with van der Waals surface area (Å²) < 4.78 is 0. The van der Waals surface area contributed by atoms with Crippen molar-refractivity contribution in [2.75, 3.05) is 6.54 Å². The lowest BCUT2D eigenvalue weighted by atomic mass is 9.73. The van der Waals surface area contributed by atoms with Crippen LogP contribution >= 0.6 is 0 Å². The first-order chi connectivity index (χ1) is 12.8. The molecule has 1 saturated carbocycles. The fraction of sp³-hybridized carbons (Fsp3) is 0.571. The number of nitrogens with zero attached hydrogens (tertiary/aromatic N) is 2. The molecule has 0 bridgehead atoms. The normalized spacial score (nSPS) is 25.2. The van der Waals surface area contributed by atoms with Crippen LogP contribution in [0.1, 0.15) is 52.0 Å². The molecule has 6 nitrogen and oxygen atoms in total. The summed E-state index contributed by atoms with van der Waals surface area (Å²) >= 11 is 0. The number of hydrogen-bond donors (Lipinski definition) is 1. The van der Waals surface area contributed by atoms with Gasteiger partial charge in [0.1, 0.15) is 12.1 Å². The van der Waals surface area contributed by atoms with Crippen molar-refractivity contribution in [1.29, 1.82) is 0 Å². The number of hydrogen-bond acceptors (Lipinski definition) is 3. The fourth-order valence-electron chi connectivity index (χ4n) is 4.20. The molecule has 0 unspecified atom stereocenters. The van der Waals surface area contributed by atoms with E-state index in [9.17, 15) is 14.4 Å². The summed E-state index contributed by atoms with van der Waals surface area (Å²) in [5.41, 5.74) is 0.201. The highest BCUT2D eigenvalue weighted by atomic mass is 16.2. The van der Waals surface area contributed by atoms with Crippen molar-refractivity contribution >= 4 is 17.8 Å². The summed E-state index contributed by atoms with van der Waals surface area (Å²) in [4.78, 5) is 41.3. The number of nitrogens with one attached hydrogen (secondary N) is 1. The molecule has 1 spiro atoms. The molecule has 2 fully saturated rings. The van der Waals surface area contributed by atoms with Gasteiger partial charge in [-0.25, -0.2) is 4.79 Å². The molecule has 146 valence electrons. The SMILES string of the molecule is CC(C)N(Cc1ccccc1)C(=O)CN1C(=O)N[C@]2(CCCC[C@@H]2C)C1=O. The van der Waals surface area contributed by atoms with Crippen LogP contribution in [0, 0.1) is 5.92 Å². The molecule has 1 aliphatic heterocycles. The third-order valence-corrected chi connectivity index (χ3v) is 5.93. The van der Waals surface area contributed by atoms with E-state index in [0.29, 0.717) is 13.0 Å². The maximum atomic E-state index is 13.1. The van der Waals surface area contributed by atoms with E-state index in [2.05, 4.69) is 5.32 Å². The van der Waals surface area contributed by atoms with Gasteiger partial charge >= 0.3 is 6.03 Å². The topological polar surface area (TPSA) is 69.7 Å². The summed E-state index contributed by atoms with van der Waals surface area (Å²) in [6, 6.07) is 9.27. The van der Waals surface area contributed by atoms with Crippen LogP contribution in [0.4, 0.5) is 4.79 Å². The van der Waals surface area contributed by atoms with Crippen LogP contribution in [0.15, 0.2) is 30.3 Å². The Balaban J connectivity index is 1.73. The maximum Gasteiger partial charge on any atom is 0.325 e. The van der Waals surface area contributed by atoms with Crippen LogP contribution in [-0.4, -0.2) is 45.8 Å². The molecule has 1 heterocycles. The quantitative estimate of drug-likeness (QED) is 0.809. The number of benzene rings is 1. The molecular weight excluding hydrogens is 342 g/mol. The van der Waals surface area contributed by atoms with Gasteiger partial charge in [-0.1, -0.05) is 50.1 Å². The number of imide groups is 1. The smallest absolute Gasteiger partial charge is 0.325 e. The summed E-state index contributed by atoms with van der Waals surface area (Å²) in [6.45, 7) is 6.15. The van der Waals surface area contributed by atoms with Gasteiger partial charge in [0.25, 0.3) is 5.91 Å². The fourth-order valence-corrected chi connectivity index (χ4v) is 4.20. The second kappa shape index (κ2) is 7.71. The van der Waals surface area contributed by atoms with Crippen LogP contribution in [-0.2, 0) is 16.1 Å². The zero-order valence-corrected chi connectivity index (χ0v) is 16.4. The Morgan fingerprint density at radius 3 is 2.59 bits per heavy atom. The van der Waals surface area contributed by atoms with Crippen LogP contribution in [0.5, 0.6) is 0 Å². The number of amides is 4. The van der Waals surface area contributed by atoms with Gasteiger partial charge in [-0.05, 0) is 38.2 Å². The molecule has 3 rings (SSSR count). The Bertz CT molecular complexity index is 719. The van der Waals surface area contributed by atoms with E-state index in [0.717, 1.165) is 29.7 Å². The Hall–Kier alpha value is -2.37. The Morgan fingerprint density at radius 2 is 1.96 bits per heavy atom. The van der Waals surface area contributed by atoms with Crippen molar-refractivity contribution in [3.8, 4) is 0 Å². The van der Waals surface area contributed by atoms with Gasteiger partial charge < -0.3 is 10.2 Å². The summed E-state index contributed by atoms with van der Waals surface area (Å²) in [6.07, 6.45) is 3.56. The third-order valence-electron chi connectivity index (χ3n) is 5.93. The van der Waals surface area contributed by atoms with Crippen LogP contribution in [0.3, 0.4) is 0 Å². The van der Waals surface area contributed by atoms with E-state index in [1.54, 1.807) is 4.90 Å². The minimum Gasteiger partial charge on any atom is -0.334 e. The molecule has 2 aliphatic rings. The van der Waals surface area contributed by atoms with E-state index in [1.165, 1.54) is 0 Å². The largest absolute Gasteiger partial charge is 0.334 e. The first-order valence-corrected chi connectivity index (χ1v) is 9.82. The molecule has 6 heteroatoms. The average molecular weight is 371 g/mol. The zero-order chi connectivity index (χ0) is 19.6. The predicted octanol–water partition coefficient (Wildman–Crippen LogP) is 2.92. The second-order valence-electron chi connectivity index (χ2n) is 8.04. The molecule has 4 amide bonds. The van der Waals surface area contributed by atoms with Crippen molar-refractivity contribution in [2.45, 2.75) is 64.6 Å². The minimum atomic E-state index is -0.822.